The third kappa shape index (κ3) is 3.55. The molecule has 5 heteroatoms. The fourth-order valence-electron chi connectivity index (χ4n) is 1.20. The van der Waals surface area contributed by atoms with E-state index in [0.717, 1.165) is 0 Å². The average molecular weight is 242 g/mol. The SMILES string of the molecule is CC.COc1cc(C(=O)O)cc(OC)c1OC. The third-order valence-corrected chi connectivity index (χ3v) is 1.91. The van der Waals surface area contributed by atoms with E-state index < -0.39 is 5.97 Å². The quantitative estimate of drug-likeness (QED) is 0.878. The molecule has 0 amide bonds. The van der Waals surface area contributed by atoms with Gasteiger partial charge in [-0.05, 0) is 12.1 Å². The van der Waals surface area contributed by atoms with E-state index in [4.69, 9.17) is 19.3 Å². The summed E-state index contributed by atoms with van der Waals surface area (Å²) in [5, 5.41) is 8.84. The van der Waals surface area contributed by atoms with Crippen LogP contribution in [-0.2, 0) is 0 Å². The maximum absolute atomic E-state index is 10.8. The molecule has 1 rings (SSSR count). The number of carboxylic acid groups (broad SMARTS) is 1. The van der Waals surface area contributed by atoms with Crippen molar-refractivity contribution in [1.29, 1.82) is 0 Å². The van der Waals surface area contributed by atoms with E-state index in [1.807, 2.05) is 13.8 Å². The molecule has 17 heavy (non-hydrogen) atoms. The van der Waals surface area contributed by atoms with E-state index in [0.29, 0.717) is 17.2 Å². The summed E-state index contributed by atoms with van der Waals surface area (Å²) in [7, 11) is 4.33. The molecule has 1 aromatic rings. The largest absolute Gasteiger partial charge is 0.493 e. The van der Waals surface area contributed by atoms with Gasteiger partial charge in [0.05, 0.1) is 26.9 Å². The Labute approximate surface area is 101 Å². The first-order chi connectivity index (χ1) is 8.13. The highest BCUT2D eigenvalue weighted by atomic mass is 16.5. The van der Waals surface area contributed by atoms with E-state index in [2.05, 4.69) is 0 Å². The smallest absolute Gasteiger partial charge is 0.335 e. The zero-order valence-electron chi connectivity index (χ0n) is 10.7. The van der Waals surface area contributed by atoms with Crippen LogP contribution in [0.15, 0.2) is 12.1 Å². The molecular formula is C12H18O5. The van der Waals surface area contributed by atoms with Crippen LogP contribution in [0.1, 0.15) is 24.2 Å². The molecule has 0 bridgehead atoms. The predicted octanol–water partition coefficient (Wildman–Crippen LogP) is 2.44. The molecule has 0 saturated heterocycles. The zero-order valence-corrected chi connectivity index (χ0v) is 10.7. The van der Waals surface area contributed by atoms with Crippen molar-refractivity contribution < 1.29 is 24.1 Å². The first kappa shape index (κ1) is 15.1. The Morgan fingerprint density at radius 3 is 1.65 bits per heavy atom. The van der Waals surface area contributed by atoms with Crippen LogP contribution in [0.2, 0.25) is 0 Å². The van der Waals surface area contributed by atoms with E-state index in [1.165, 1.54) is 33.5 Å². The highest BCUT2D eigenvalue weighted by Crippen LogP contribution is 2.38. The predicted molar refractivity (Wildman–Crippen MR) is 64.4 cm³/mol. The van der Waals surface area contributed by atoms with Gasteiger partial charge in [-0.3, -0.25) is 0 Å². The summed E-state index contributed by atoms with van der Waals surface area (Å²) in [4.78, 5) is 10.8. The normalized spacial score (nSPS) is 8.76. The van der Waals surface area contributed by atoms with Crippen molar-refractivity contribution >= 4 is 5.97 Å². The lowest BCUT2D eigenvalue weighted by molar-refractivity contribution is 0.0696. The number of ether oxygens (including phenoxy) is 3. The van der Waals surface area contributed by atoms with Crippen molar-refractivity contribution in [2.75, 3.05) is 21.3 Å². The van der Waals surface area contributed by atoms with Crippen LogP contribution >= 0.6 is 0 Å². The first-order valence-corrected chi connectivity index (χ1v) is 5.17. The van der Waals surface area contributed by atoms with Gasteiger partial charge in [-0.2, -0.15) is 0 Å². The second kappa shape index (κ2) is 7.38. The van der Waals surface area contributed by atoms with E-state index in [-0.39, 0.29) is 5.56 Å². The number of rotatable bonds is 4. The van der Waals surface area contributed by atoms with Gasteiger partial charge in [-0.25, -0.2) is 4.79 Å². The van der Waals surface area contributed by atoms with Crippen molar-refractivity contribution in [2.24, 2.45) is 0 Å². The summed E-state index contributed by atoms with van der Waals surface area (Å²) in [6.45, 7) is 4.00. The molecule has 0 unspecified atom stereocenters. The summed E-state index contributed by atoms with van der Waals surface area (Å²) in [6, 6.07) is 2.76. The Bertz CT molecular complexity index is 348. The molecule has 0 aliphatic rings. The maximum Gasteiger partial charge on any atom is 0.335 e. The molecule has 0 radical (unpaired) electrons. The minimum absolute atomic E-state index is 0.0875. The van der Waals surface area contributed by atoms with Gasteiger partial charge in [-0.15, -0.1) is 0 Å². The van der Waals surface area contributed by atoms with Gasteiger partial charge >= 0.3 is 5.97 Å². The van der Waals surface area contributed by atoms with Crippen LogP contribution in [0, 0.1) is 0 Å². The Morgan fingerprint density at radius 1 is 1.00 bits per heavy atom. The molecule has 0 aromatic heterocycles. The van der Waals surface area contributed by atoms with Crippen LogP contribution < -0.4 is 14.2 Å². The number of carbonyl (C=O) groups is 1. The minimum atomic E-state index is -1.05. The molecule has 0 atom stereocenters. The van der Waals surface area contributed by atoms with Crippen LogP contribution in [0.25, 0.3) is 0 Å². The molecule has 1 aromatic carbocycles. The molecule has 5 nitrogen and oxygen atoms in total. The van der Waals surface area contributed by atoms with Crippen LogP contribution in [0.4, 0.5) is 0 Å². The lowest BCUT2D eigenvalue weighted by Gasteiger charge is -2.12. The standard InChI is InChI=1S/C10H12O5.C2H6/c1-13-7-4-6(10(11)12)5-8(14-2)9(7)15-3;1-2/h4-5H,1-3H3,(H,11,12);1-2H3. The molecule has 0 aliphatic heterocycles. The summed E-state index contributed by atoms with van der Waals surface area (Å²) >= 11 is 0. The highest BCUT2D eigenvalue weighted by molar-refractivity contribution is 5.89. The first-order valence-electron chi connectivity index (χ1n) is 5.17. The third-order valence-electron chi connectivity index (χ3n) is 1.91. The van der Waals surface area contributed by atoms with Gasteiger partial charge in [-0.1, -0.05) is 13.8 Å². The topological polar surface area (TPSA) is 65.0 Å². The molecule has 0 fully saturated rings. The lowest BCUT2D eigenvalue weighted by Crippen LogP contribution is -2.01. The summed E-state index contributed by atoms with van der Waals surface area (Å²) in [5.74, 6) is -0.0113. The number of hydrogen-bond acceptors (Lipinski definition) is 4. The Morgan fingerprint density at radius 2 is 1.41 bits per heavy atom. The van der Waals surface area contributed by atoms with E-state index in [1.54, 1.807) is 0 Å². The van der Waals surface area contributed by atoms with Crippen molar-refractivity contribution in [1.82, 2.24) is 0 Å². The molecular weight excluding hydrogens is 224 g/mol. The number of aromatic carboxylic acids is 1. The Kier molecular flexibility index (Phi) is 6.55. The number of benzene rings is 1. The van der Waals surface area contributed by atoms with Crippen LogP contribution in [0.5, 0.6) is 17.2 Å². The van der Waals surface area contributed by atoms with Crippen molar-refractivity contribution in [3.05, 3.63) is 17.7 Å². The van der Waals surface area contributed by atoms with Gasteiger partial charge in [0, 0.05) is 0 Å². The monoisotopic (exact) mass is 242 g/mol. The molecule has 1 N–H and O–H groups in total. The van der Waals surface area contributed by atoms with Crippen molar-refractivity contribution in [3.63, 3.8) is 0 Å². The molecule has 0 spiro atoms. The molecule has 0 saturated carbocycles. The van der Waals surface area contributed by atoms with Gasteiger partial charge < -0.3 is 19.3 Å². The minimum Gasteiger partial charge on any atom is -0.493 e. The van der Waals surface area contributed by atoms with Crippen molar-refractivity contribution in [2.45, 2.75) is 13.8 Å². The lowest BCUT2D eigenvalue weighted by atomic mass is 10.2. The molecule has 96 valence electrons. The number of methoxy groups -OCH3 is 3. The Balaban J connectivity index is 0.00000121. The number of carboxylic acids is 1. The fourth-order valence-corrected chi connectivity index (χ4v) is 1.20. The molecule has 0 aliphatic carbocycles. The zero-order chi connectivity index (χ0) is 13.4. The average Bonchev–Trinajstić information content (AvgIpc) is 2.38. The maximum atomic E-state index is 10.8. The van der Waals surface area contributed by atoms with Gasteiger partial charge in [0.25, 0.3) is 0 Å². The summed E-state index contributed by atoms with van der Waals surface area (Å²) in [6.07, 6.45) is 0. The van der Waals surface area contributed by atoms with Crippen molar-refractivity contribution in [3.8, 4) is 17.2 Å². The summed E-state index contributed by atoms with van der Waals surface area (Å²) < 4.78 is 15.1. The fraction of sp³-hybridized carbons (Fsp3) is 0.417. The van der Waals surface area contributed by atoms with E-state index >= 15 is 0 Å². The highest BCUT2D eigenvalue weighted by Gasteiger charge is 2.15. The summed E-state index contributed by atoms with van der Waals surface area (Å²) in [5.41, 5.74) is 0.0875. The van der Waals surface area contributed by atoms with Crippen LogP contribution in [-0.4, -0.2) is 32.4 Å². The van der Waals surface area contributed by atoms with Gasteiger partial charge in [0.1, 0.15) is 0 Å². The second-order valence-corrected chi connectivity index (χ2v) is 2.72. The van der Waals surface area contributed by atoms with Crippen LogP contribution in [0.3, 0.4) is 0 Å². The number of hydrogen-bond donors (Lipinski definition) is 1. The Hall–Kier alpha value is -1.91. The second-order valence-electron chi connectivity index (χ2n) is 2.72. The van der Waals surface area contributed by atoms with Gasteiger partial charge in [0.15, 0.2) is 11.5 Å². The van der Waals surface area contributed by atoms with E-state index in [9.17, 15) is 4.79 Å². The van der Waals surface area contributed by atoms with Gasteiger partial charge in [0.2, 0.25) is 5.75 Å². The molecule has 0 heterocycles.